The molecule has 5 nitrogen and oxygen atoms in total. The Morgan fingerprint density at radius 3 is 2.32 bits per heavy atom. The fourth-order valence-electron chi connectivity index (χ4n) is 1.26. The summed E-state index contributed by atoms with van der Waals surface area (Å²) in [4.78, 5) is 18.6. The van der Waals surface area contributed by atoms with Gasteiger partial charge in [-0.2, -0.15) is 0 Å². The first kappa shape index (κ1) is 18.0. The molecule has 0 aliphatic heterocycles. The zero-order valence-corrected chi connectivity index (χ0v) is 12.4. The molecule has 0 atom stereocenters. The Hall–Kier alpha value is -1.01. The van der Waals surface area contributed by atoms with E-state index in [0.29, 0.717) is 21.5 Å². The molecule has 0 unspecified atom stereocenters. The number of primary amides is 1. The maximum absolute atomic E-state index is 10.8. The standard InChI is InChI=1S/C10H7Cl2N3O2.2ClH/c11-6-2-14-3-7(12)5(6)1-9-15-8(4-17-9)10(13)16;;/h2-4H,1H2,(H2,13,16);2*1H. The molecule has 104 valence electrons. The van der Waals surface area contributed by atoms with Crippen LogP contribution in [0.2, 0.25) is 10.0 Å². The van der Waals surface area contributed by atoms with Crippen LogP contribution in [0.15, 0.2) is 23.1 Å². The van der Waals surface area contributed by atoms with Crippen LogP contribution in [0.3, 0.4) is 0 Å². The number of halogens is 4. The van der Waals surface area contributed by atoms with Crippen molar-refractivity contribution in [2.75, 3.05) is 0 Å². The molecule has 0 aliphatic carbocycles. The summed E-state index contributed by atoms with van der Waals surface area (Å²) in [5.74, 6) is -0.333. The summed E-state index contributed by atoms with van der Waals surface area (Å²) in [5, 5.41) is 0.827. The number of hydrogen-bond donors (Lipinski definition) is 1. The Morgan fingerprint density at radius 1 is 1.26 bits per heavy atom. The van der Waals surface area contributed by atoms with Crippen LogP contribution in [0.5, 0.6) is 0 Å². The van der Waals surface area contributed by atoms with Crippen molar-refractivity contribution < 1.29 is 9.21 Å². The third kappa shape index (κ3) is 4.24. The second-order valence-corrected chi connectivity index (χ2v) is 4.06. The molecule has 0 saturated heterocycles. The summed E-state index contributed by atoms with van der Waals surface area (Å²) in [6.07, 6.45) is 4.41. The highest BCUT2D eigenvalue weighted by Crippen LogP contribution is 2.25. The van der Waals surface area contributed by atoms with Crippen molar-refractivity contribution in [3.63, 3.8) is 0 Å². The minimum absolute atomic E-state index is 0. The van der Waals surface area contributed by atoms with Gasteiger partial charge in [0, 0.05) is 18.0 Å². The minimum atomic E-state index is -0.646. The lowest BCUT2D eigenvalue weighted by atomic mass is 10.2. The van der Waals surface area contributed by atoms with E-state index in [1.165, 1.54) is 18.7 Å². The monoisotopic (exact) mass is 343 g/mol. The molecule has 0 aromatic carbocycles. The zero-order chi connectivity index (χ0) is 12.4. The molecule has 2 heterocycles. The molecule has 0 bridgehead atoms. The lowest BCUT2D eigenvalue weighted by Crippen LogP contribution is -2.11. The normalized spacial score (nSPS) is 9.37. The fourth-order valence-corrected chi connectivity index (χ4v) is 1.76. The molecule has 0 radical (unpaired) electrons. The van der Waals surface area contributed by atoms with E-state index in [2.05, 4.69) is 9.97 Å². The maximum atomic E-state index is 10.8. The van der Waals surface area contributed by atoms with E-state index in [4.69, 9.17) is 33.4 Å². The predicted molar refractivity (Wildman–Crippen MR) is 76.6 cm³/mol. The largest absolute Gasteiger partial charge is 0.448 e. The van der Waals surface area contributed by atoms with Gasteiger partial charge in [0.1, 0.15) is 6.26 Å². The van der Waals surface area contributed by atoms with Crippen molar-refractivity contribution in [2.45, 2.75) is 6.42 Å². The number of amides is 1. The molecular weight excluding hydrogens is 336 g/mol. The van der Waals surface area contributed by atoms with Crippen molar-refractivity contribution in [1.82, 2.24) is 9.97 Å². The van der Waals surface area contributed by atoms with Gasteiger partial charge in [0.25, 0.3) is 5.91 Å². The Labute approximate surface area is 131 Å². The first-order valence-electron chi connectivity index (χ1n) is 4.60. The van der Waals surface area contributed by atoms with E-state index < -0.39 is 5.91 Å². The van der Waals surface area contributed by atoms with Crippen LogP contribution in [-0.4, -0.2) is 15.9 Å². The molecule has 2 aromatic heterocycles. The molecule has 2 N–H and O–H groups in total. The molecule has 1 amide bonds. The Balaban J connectivity index is 0.00000162. The Morgan fingerprint density at radius 2 is 1.84 bits per heavy atom. The Bertz CT molecular complexity index is 553. The van der Waals surface area contributed by atoms with Gasteiger partial charge in [-0.15, -0.1) is 24.8 Å². The van der Waals surface area contributed by atoms with Crippen LogP contribution in [0.1, 0.15) is 21.9 Å². The molecule has 2 aromatic rings. The minimum Gasteiger partial charge on any atom is -0.448 e. The SMILES string of the molecule is Cl.Cl.NC(=O)c1coc(Cc2c(Cl)cncc2Cl)n1. The van der Waals surface area contributed by atoms with Gasteiger partial charge in [0.05, 0.1) is 16.5 Å². The van der Waals surface area contributed by atoms with Gasteiger partial charge in [0.15, 0.2) is 11.6 Å². The number of rotatable bonds is 3. The van der Waals surface area contributed by atoms with Crippen molar-refractivity contribution in [1.29, 1.82) is 0 Å². The summed E-state index contributed by atoms with van der Waals surface area (Å²) in [6.45, 7) is 0. The van der Waals surface area contributed by atoms with Crippen LogP contribution in [0.25, 0.3) is 0 Å². The van der Waals surface area contributed by atoms with E-state index in [9.17, 15) is 4.79 Å². The van der Waals surface area contributed by atoms with E-state index >= 15 is 0 Å². The zero-order valence-electron chi connectivity index (χ0n) is 9.30. The van der Waals surface area contributed by atoms with Gasteiger partial charge in [0.2, 0.25) is 0 Å². The first-order valence-corrected chi connectivity index (χ1v) is 5.35. The van der Waals surface area contributed by atoms with Crippen LogP contribution < -0.4 is 5.73 Å². The van der Waals surface area contributed by atoms with E-state index in [0.717, 1.165) is 0 Å². The highest BCUT2D eigenvalue weighted by molar-refractivity contribution is 6.35. The highest BCUT2D eigenvalue weighted by Gasteiger charge is 2.13. The lowest BCUT2D eigenvalue weighted by molar-refractivity contribution is 0.0995. The second-order valence-electron chi connectivity index (χ2n) is 3.25. The molecule has 19 heavy (non-hydrogen) atoms. The molecule has 0 saturated carbocycles. The summed E-state index contributed by atoms with van der Waals surface area (Å²) >= 11 is 11.9. The van der Waals surface area contributed by atoms with E-state index in [-0.39, 0.29) is 36.9 Å². The highest BCUT2D eigenvalue weighted by atomic mass is 35.5. The van der Waals surface area contributed by atoms with Gasteiger partial charge in [-0.25, -0.2) is 4.98 Å². The molecule has 0 aliphatic rings. The average Bonchev–Trinajstić information content (AvgIpc) is 2.72. The van der Waals surface area contributed by atoms with Crippen molar-refractivity contribution in [2.24, 2.45) is 5.73 Å². The Kier molecular flexibility index (Phi) is 7.15. The molecule has 2 rings (SSSR count). The third-order valence-corrected chi connectivity index (χ3v) is 2.74. The fraction of sp³-hybridized carbons (Fsp3) is 0.100. The summed E-state index contributed by atoms with van der Waals surface area (Å²) in [7, 11) is 0. The topological polar surface area (TPSA) is 82.0 Å². The van der Waals surface area contributed by atoms with Gasteiger partial charge in [-0.1, -0.05) is 23.2 Å². The maximum Gasteiger partial charge on any atom is 0.270 e. The molecule has 9 heteroatoms. The number of aromatic nitrogens is 2. The van der Waals surface area contributed by atoms with E-state index in [1.807, 2.05) is 0 Å². The average molecular weight is 345 g/mol. The quantitative estimate of drug-likeness (QED) is 0.927. The number of carbonyl (C=O) groups excluding carboxylic acids is 1. The van der Waals surface area contributed by atoms with Gasteiger partial charge < -0.3 is 10.2 Å². The number of carbonyl (C=O) groups is 1. The van der Waals surface area contributed by atoms with Gasteiger partial charge in [-0.3, -0.25) is 9.78 Å². The van der Waals surface area contributed by atoms with Crippen LogP contribution in [0, 0.1) is 0 Å². The molecular formula is C10H9Cl4N3O2. The number of hydrogen-bond acceptors (Lipinski definition) is 4. The summed E-state index contributed by atoms with van der Waals surface area (Å²) in [5.41, 5.74) is 5.77. The van der Waals surface area contributed by atoms with Gasteiger partial charge in [-0.05, 0) is 0 Å². The lowest BCUT2D eigenvalue weighted by Gasteiger charge is -2.02. The smallest absolute Gasteiger partial charge is 0.270 e. The van der Waals surface area contributed by atoms with Crippen molar-refractivity contribution in [3.05, 3.63) is 45.9 Å². The predicted octanol–water partition coefficient (Wildman–Crippen LogP) is 2.91. The second kappa shape index (κ2) is 7.55. The van der Waals surface area contributed by atoms with Crippen LogP contribution in [-0.2, 0) is 6.42 Å². The molecule has 0 fully saturated rings. The number of oxazole rings is 1. The number of pyridine rings is 1. The van der Waals surface area contributed by atoms with Crippen molar-refractivity contribution >= 4 is 53.9 Å². The van der Waals surface area contributed by atoms with Crippen molar-refractivity contribution in [3.8, 4) is 0 Å². The van der Waals surface area contributed by atoms with E-state index in [1.54, 1.807) is 0 Å². The summed E-state index contributed by atoms with van der Waals surface area (Å²) in [6, 6.07) is 0. The number of nitrogens with two attached hydrogens (primary N) is 1. The first-order chi connectivity index (χ1) is 8.08. The third-order valence-electron chi connectivity index (χ3n) is 2.08. The molecule has 0 spiro atoms. The van der Waals surface area contributed by atoms with Crippen LogP contribution >= 0.6 is 48.0 Å². The summed E-state index contributed by atoms with van der Waals surface area (Å²) < 4.78 is 5.09. The van der Waals surface area contributed by atoms with Crippen LogP contribution in [0.4, 0.5) is 0 Å². The van der Waals surface area contributed by atoms with Gasteiger partial charge >= 0.3 is 0 Å². The number of nitrogens with zero attached hydrogens (tertiary/aromatic N) is 2.